The third-order valence-corrected chi connectivity index (χ3v) is 5.13. The Balaban J connectivity index is 1.80. The van der Waals surface area contributed by atoms with Crippen molar-refractivity contribution in [2.75, 3.05) is 18.8 Å². The molecule has 1 heterocycles. The number of nitrogens with two attached hydrogens (primary N) is 1. The van der Waals surface area contributed by atoms with E-state index in [1.807, 2.05) is 0 Å². The van der Waals surface area contributed by atoms with Crippen LogP contribution in [0.25, 0.3) is 0 Å². The highest BCUT2D eigenvalue weighted by atomic mass is 32.2. The van der Waals surface area contributed by atoms with Gasteiger partial charge in [-0.3, -0.25) is 15.0 Å². The molecule has 1 aliphatic carbocycles. The largest absolute Gasteiger partial charge is 0.351 e. The summed E-state index contributed by atoms with van der Waals surface area (Å²) >= 11 is 2.08. The summed E-state index contributed by atoms with van der Waals surface area (Å²) in [6.45, 7) is 1.79. The Morgan fingerprint density at radius 3 is 2.89 bits per heavy atom. The molecular weight excluding hydrogens is 250 g/mol. The zero-order valence-electron chi connectivity index (χ0n) is 10.6. The lowest BCUT2D eigenvalue weighted by Gasteiger charge is -2.43. The molecule has 3 amide bonds. The molecule has 1 saturated heterocycles. The van der Waals surface area contributed by atoms with Crippen molar-refractivity contribution in [2.24, 2.45) is 5.73 Å². The van der Waals surface area contributed by atoms with Gasteiger partial charge in [-0.2, -0.15) is 11.8 Å². The number of imide groups is 1. The molecule has 0 unspecified atom stereocenters. The third-order valence-electron chi connectivity index (χ3n) is 3.74. The van der Waals surface area contributed by atoms with Crippen LogP contribution >= 0.6 is 11.8 Å². The SMILES string of the molecule is NC(=O)NC(=O)CCN1CCS[C@H]2CCCC[C@H]21. The number of hydrogen-bond donors (Lipinski definition) is 2. The molecule has 5 nitrogen and oxygen atoms in total. The van der Waals surface area contributed by atoms with Crippen LogP contribution in [0.3, 0.4) is 0 Å². The molecule has 0 spiro atoms. The Labute approximate surface area is 112 Å². The monoisotopic (exact) mass is 271 g/mol. The average molecular weight is 271 g/mol. The molecular formula is C12H21N3O2S. The first-order valence-corrected chi connectivity index (χ1v) is 7.66. The van der Waals surface area contributed by atoms with Crippen molar-refractivity contribution in [1.82, 2.24) is 10.2 Å². The van der Waals surface area contributed by atoms with Crippen LogP contribution in [0.15, 0.2) is 0 Å². The maximum Gasteiger partial charge on any atom is 0.318 e. The minimum atomic E-state index is -0.759. The van der Waals surface area contributed by atoms with Gasteiger partial charge in [-0.05, 0) is 12.8 Å². The van der Waals surface area contributed by atoms with E-state index in [1.165, 1.54) is 25.7 Å². The van der Waals surface area contributed by atoms with Gasteiger partial charge in [-0.25, -0.2) is 4.79 Å². The molecule has 0 aromatic rings. The molecule has 0 bridgehead atoms. The molecule has 3 N–H and O–H groups in total. The Bertz CT molecular complexity index is 322. The van der Waals surface area contributed by atoms with E-state index < -0.39 is 6.03 Å². The summed E-state index contributed by atoms with van der Waals surface area (Å²) in [5, 5.41) is 2.86. The van der Waals surface area contributed by atoms with Gasteiger partial charge in [-0.1, -0.05) is 12.8 Å². The van der Waals surface area contributed by atoms with Gasteiger partial charge >= 0.3 is 6.03 Å². The van der Waals surface area contributed by atoms with Gasteiger partial charge in [0.25, 0.3) is 0 Å². The van der Waals surface area contributed by atoms with Crippen LogP contribution in [-0.4, -0.2) is 47.0 Å². The standard InChI is InChI=1S/C12H21N3O2S/c13-12(17)14-11(16)5-6-15-7-8-18-10-4-2-1-3-9(10)15/h9-10H,1-8H2,(H3,13,14,16,17)/t9-,10+/m1/s1. The second-order valence-corrected chi connectivity index (χ2v) is 6.31. The number of rotatable bonds is 3. The van der Waals surface area contributed by atoms with Crippen LogP contribution in [-0.2, 0) is 4.79 Å². The van der Waals surface area contributed by atoms with E-state index in [0.717, 1.165) is 24.1 Å². The lowest BCUT2D eigenvalue weighted by molar-refractivity contribution is -0.120. The van der Waals surface area contributed by atoms with Crippen molar-refractivity contribution in [1.29, 1.82) is 0 Å². The Morgan fingerprint density at radius 1 is 1.33 bits per heavy atom. The summed E-state index contributed by atoms with van der Waals surface area (Å²) in [4.78, 5) is 24.4. The highest BCUT2D eigenvalue weighted by molar-refractivity contribution is 8.00. The smallest absolute Gasteiger partial charge is 0.318 e. The van der Waals surface area contributed by atoms with E-state index in [9.17, 15) is 9.59 Å². The van der Waals surface area contributed by atoms with Gasteiger partial charge < -0.3 is 5.73 Å². The van der Waals surface area contributed by atoms with Gasteiger partial charge in [0.15, 0.2) is 0 Å². The zero-order chi connectivity index (χ0) is 13.0. The lowest BCUT2D eigenvalue weighted by atomic mass is 9.93. The summed E-state index contributed by atoms with van der Waals surface area (Å²) < 4.78 is 0. The summed E-state index contributed by atoms with van der Waals surface area (Å²) in [5.41, 5.74) is 4.92. The van der Waals surface area contributed by atoms with Crippen molar-refractivity contribution >= 4 is 23.7 Å². The number of nitrogens with zero attached hydrogens (tertiary/aromatic N) is 1. The van der Waals surface area contributed by atoms with E-state index in [2.05, 4.69) is 22.0 Å². The Morgan fingerprint density at radius 2 is 2.11 bits per heavy atom. The number of carbonyl (C=O) groups is 2. The minimum absolute atomic E-state index is 0.270. The molecule has 6 heteroatoms. The molecule has 18 heavy (non-hydrogen) atoms. The fourth-order valence-electron chi connectivity index (χ4n) is 2.90. The van der Waals surface area contributed by atoms with Crippen LogP contribution < -0.4 is 11.1 Å². The lowest BCUT2D eigenvalue weighted by Crippen LogP contribution is -2.50. The van der Waals surface area contributed by atoms with Gasteiger partial charge in [0.2, 0.25) is 5.91 Å². The summed E-state index contributed by atoms with van der Waals surface area (Å²) in [6, 6.07) is -0.136. The maximum absolute atomic E-state index is 11.4. The van der Waals surface area contributed by atoms with Gasteiger partial charge in [-0.15, -0.1) is 0 Å². The highest BCUT2D eigenvalue weighted by Gasteiger charge is 2.33. The van der Waals surface area contributed by atoms with Gasteiger partial charge in [0.05, 0.1) is 0 Å². The predicted octanol–water partition coefficient (Wildman–Crippen LogP) is 0.931. The third kappa shape index (κ3) is 3.62. The minimum Gasteiger partial charge on any atom is -0.351 e. The number of amides is 3. The zero-order valence-corrected chi connectivity index (χ0v) is 11.4. The molecule has 2 aliphatic rings. The molecule has 1 saturated carbocycles. The van der Waals surface area contributed by atoms with Crippen molar-refractivity contribution in [3.05, 3.63) is 0 Å². The average Bonchev–Trinajstić information content (AvgIpc) is 2.35. The molecule has 2 atom stereocenters. The topological polar surface area (TPSA) is 75.4 Å². The number of nitrogens with one attached hydrogen (secondary N) is 1. The molecule has 2 rings (SSSR count). The summed E-state index contributed by atoms with van der Waals surface area (Å²) in [5.74, 6) is 0.881. The maximum atomic E-state index is 11.4. The van der Waals surface area contributed by atoms with Crippen molar-refractivity contribution < 1.29 is 9.59 Å². The number of primary amides is 1. The number of thioether (sulfide) groups is 1. The number of urea groups is 1. The number of carbonyl (C=O) groups excluding carboxylic acids is 2. The second-order valence-electron chi connectivity index (χ2n) is 4.96. The fraction of sp³-hybridized carbons (Fsp3) is 0.833. The van der Waals surface area contributed by atoms with E-state index in [1.54, 1.807) is 0 Å². The van der Waals surface area contributed by atoms with Crippen LogP contribution in [0.2, 0.25) is 0 Å². The van der Waals surface area contributed by atoms with Gasteiger partial charge in [0.1, 0.15) is 0 Å². The Hall–Kier alpha value is -0.750. The van der Waals surface area contributed by atoms with E-state index in [4.69, 9.17) is 5.73 Å². The Kier molecular flexibility index (Phi) is 4.88. The second kappa shape index (κ2) is 6.43. The van der Waals surface area contributed by atoms with E-state index in [-0.39, 0.29) is 5.91 Å². The van der Waals surface area contributed by atoms with Crippen LogP contribution in [0.1, 0.15) is 32.1 Å². The van der Waals surface area contributed by atoms with Crippen molar-refractivity contribution in [2.45, 2.75) is 43.4 Å². The van der Waals surface area contributed by atoms with Gasteiger partial charge in [0, 0.05) is 36.6 Å². The highest BCUT2D eigenvalue weighted by Crippen LogP contribution is 2.35. The first kappa shape index (κ1) is 13.7. The van der Waals surface area contributed by atoms with E-state index in [0.29, 0.717) is 12.5 Å². The molecule has 102 valence electrons. The summed E-state index contributed by atoms with van der Waals surface area (Å²) in [6.07, 6.45) is 5.54. The van der Waals surface area contributed by atoms with Crippen LogP contribution in [0.5, 0.6) is 0 Å². The quantitative estimate of drug-likeness (QED) is 0.801. The first-order valence-electron chi connectivity index (χ1n) is 6.62. The normalized spacial score (nSPS) is 28.4. The van der Waals surface area contributed by atoms with E-state index >= 15 is 0 Å². The van der Waals surface area contributed by atoms with Crippen LogP contribution in [0.4, 0.5) is 4.79 Å². The van der Waals surface area contributed by atoms with Crippen molar-refractivity contribution in [3.8, 4) is 0 Å². The molecule has 0 radical (unpaired) electrons. The molecule has 0 aromatic heterocycles. The fourth-order valence-corrected chi connectivity index (χ4v) is 4.41. The molecule has 0 aromatic carbocycles. The van der Waals surface area contributed by atoms with Crippen molar-refractivity contribution in [3.63, 3.8) is 0 Å². The predicted molar refractivity (Wildman–Crippen MR) is 72.4 cm³/mol. The molecule has 2 fully saturated rings. The number of fused-ring (bicyclic) bond motifs is 1. The van der Waals surface area contributed by atoms with Crippen LogP contribution in [0, 0.1) is 0 Å². The molecule has 1 aliphatic heterocycles. The summed E-state index contributed by atoms with van der Waals surface area (Å²) in [7, 11) is 0. The first-order chi connectivity index (χ1) is 8.66. The number of hydrogen-bond acceptors (Lipinski definition) is 4.